The molecule has 5 nitrogen and oxygen atoms in total. The number of nitrogen functional groups attached to an aromatic ring is 1. The third-order valence-corrected chi connectivity index (χ3v) is 4.67. The minimum absolute atomic E-state index is 0.411. The summed E-state index contributed by atoms with van der Waals surface area (Å²) in [5.74, 6) is 0.411. The van der Waals surface area contributed by atoms with Crippen molar-refractivity contribution >= 4 is 40.3 Å². The van der Waals surface area contributed by atoms with Crippen molar-refractivity contribution in [3.63, 3.8) is 0 Å². The predicted octanol–water partition coefficient (Wildman–Crippen LogP) is 4.32. The maximum absolute atomic E-state index is 6.16. The summed E-state index contributed by atoms with van der Waals surface area (Å²) in [6.45, 7) is 5.04. The van der Waals surface area contributed by atoms with E-state index >= 15 is 0 Å². The van der Waals surface area contributed by atoms with Crippen molar-refractivity contribution in [3.8, 4) is 0 Å². The van der Waals surface area contributed by atoms with Crippen LogP contribution in [-0.2, 0) is 6.54 Å². The second-order valence-electron chi connectivity index (χ2n) is 5.40. The zero-order valence-electron chi connectivity index (χ0n) is 13.1. The van der Waals surface area contributed by atoms with Gasteiger partial charge in [0.25, 0.3) is 0 Å². The highest BCUT2D eigenvalue weighted by Crippen LogP contribution is 2.33. The molecule has 2 N–H and O–H groups in total. The molecule has 120 valence electrons. The highest BCUT2D eigenvalue weighted by atomic mass is 35.5. The minimum Gasteiger partial charge on any atom is -0.382 e. The third-order valence-electron chi connectivity index (χ3n) is 3.49. The average Bonchev–Trinajstić information content (AvgIpc) is 2.83. The number of rotatable bonds is 5. The summed E-state index contributed by atoms with van der Waals surface area (Å²) in [6.07, 6.45) is 3.64. The number of aromatic nitrogens is 4. The van der Waals surface area contributed by atoms with Crippen LogP contribution in [0.25, 0.3) is 11.2 Å². The molecule has 3 rings (SSSR count). The Kier molecular flexibility index (Phi) is 4.73. The van der Waals surface area contributed by atoms with E-state index in [4.69, 9.17) is 17.3 Å². The van der Waals surface area contributed by atoms with E-state index in [0.717, 1.165) is 45.7 Å². The molecule has 0 amide bonds. The van der Waals surface area contributed by atoms with Crippen LogP contribution in [0.3, 0.4) is 0 Å². The first kappa shape index (κ1) is 16.1. The smallest absolute Gasteiger partial charge is 0.175 e. The van der Waals surface area contributed by atoms with Crippen LogP contribution in [0.4, 0.5) is 5.82 Å². The summed E-state index contributed by atoms with van der Waals surface area (Å²) in [4.78, 5) is 14.1. The van der Waals surface area contributed by atoms with Crippen LogP contribution in [-0.4, -0.2) is 19.5 Å². The standard InChI is InChI=1S/C16H18ClN5S/c1-3-4-5-22-15-13(14(18)19-9-20-15)21-16(22)23-12-7-10(2)6-11(17)8-12/h6-9H,3-5H2,1-2H3,(H2,18,19,20). The lowest BCUT2D eigenvalue weighted by Gasteiger charge is -2.08. The molecule has 0 saturated carbocycles. The second kappa shape index (κ2) is 6.76. The first-order valence-electron chi connectivity index (χ1n) is 7.50. The molecular weight excluding hydrogens is 330 g/mol. The molecule has 0 saturated heterocycles. The molecule has 2 aromatic heterocycles. The van der Waals surface area contributed by atoms with Gasteiger partial charge >= 0.3 is 0 Å². The summed E-state index contributed by atoms with van der Waals surface area (Å²) in [5, 5.41) is 1.59. The van der Waals surface area contributed by atoms with Crippen LogP contribution in [0.5, 0.6) is 0 Å². The lowest BCUT2D eigenvalue weighted by Crippen LogP contribution is -2.01. The van der Waals surface area contributed by atoms with Gasteiger partial charge in [-0.3, -0.25) is 0 Å². The molecule has 1 aromatic carbocycles. The molecular formula is C16H18ClN5S. The van der Waals surface area contributed by atoms with Gasteiger partial charge in [-0.05, 0) is 37.1 Å². The Balaban J connectivity index is 2.06. The summed E-state index contributed by atoms with van der Waals surface area (Å²) < 4.78 is 2.11. The number of benzene rings is 1. The third kappa shape index (κ3) is 3.43. The van der Waals surface area contributed by atoms with Crippen LogP contribution in [0.15, 0.2) is 34.6 Å². The monoisotopic (exact) mass is 347 g/mol. The summed E-state index contributed by atoms with van der Waals surface area (Å²) in [7, 11) is 0. The first-order chi connectivity index (χ1) is 11.1. The molecule has 0 aliphatic heterocycles. The zero-order chi connectivity index (χ0) is 16.4. The van der Waals surface area contributed by atoms with Crippen LogP contribution in [0.1, 0.15) is 25.3 Å². The molecule has 23 heavy (non-hydrogen) atoms. The molecule has 0 unspecified atom stereocenters. The number of nitrogens with zero attached hydrogens (tertiary/aromatic N) is 4. The van der Waals surface area contributed by atoms with Gasteiger partial charge in [0.05, 0.1) is 0 Å². The van der Waals surface area contributed by atoms with Gasteiger partial charge in [-0.15, -0.1) is 0 Å². The van der Waals surface area contributed by atoms with Gasteiger partial charge in [0, 0.05) is 16.5 Å². The van der Waals surface area contributed by atoms with Crippen molar-refractivity contribution in [3.05, 3.63) is 35.1 Å². The van der Waals surface area contributed by atoms with E-state index < -0.39 is 0 Å². The number of fused-ring (bicyclic) bond motifs is 1. The zero-order valence-corrected chi connectivity index (χ0v) is 14.7. The Morgan fingerprint density at radius 2 is 2.09 bits per heavy atom. The SMILES string of the molecule is CCCCn1c(Sc2cc(C)cc(Cl)c2)nc2c(N)ncnc21. The van der Waals surface area contributed by atoms with Crippen molar-refractivity contribution in [1.29, 1.82) is 0 Å². The Bertz CT molecular complexity index is 826. The van der Waals surface area contributed by atoms with Crippen molar-refractivity contribution < 1.29 is 0 Å². The number of hydrogen-bond acceptors (Lipinski definition) is 5. The maximum atomic E-state index is 6.16. The molecule has 0 spiro atoms. The van der Waals surface area contributed by atoms with E-state index in [1.54, 1.807) is 11.8 Å². The summed E-state index contributed by atoms with van der Waals surface area (Å²) >= 11 is 7.73. The molecule has 0 atom stereocenters. The van der Waals surface area contributed by atoms with Gasteiger partial charge in [0.15, 0.2) is 22.1 Å². The Labute approximate surface area is 144 Å². The fraction of sp³-hybridized carbons (Fsp3) is 0.312. The topological polar surface area (TPSA) is 69.6 Å². The summed E-state index contributed by atoms with van der Waals surface area (Å²) in [5.41, 5.74) is 8.51. The Hall–Kier alpha value is -1.79. The number of imidazole rings is 1. The molecule has 0 aliphatic carbocycles. The molecule has 0 bridgehead atoms. The number of nitrogens with two attached hydrogens (primary N) is 1. The Morgan fingerprint density at radius 1 is 1.26 bits per heavy atom. The largest absolute Gasteiger partial charge is 0.382 e. The normalized spacial score (nSPS) is 11.3. The molecule has 0 radical (unpaired) electrons. The van der Waals surface area contributed by atoms with E-state index in [1.807, 2.05) is 19.1 Å². The fourth-order valence-corrected chi connectivity index (χ4v) is 3.82. The molecule has 3 aromatic rings. The molecule has 0 aliphatic rings. The number of halogens is 1. The quantitative estimate of drug-likeness (QED) is 0.744. The number of anilines is 1. The van der Waals surface area contributed by atoms with E-state index in [2.05, 4.69) is 32.5 Å². The second-order valence-corrected chi connectivity index (χ2v) is 6.87. The van der Waals surface area contributed by atoms with E-state index in [-0.39, 0.29) is 0 Å². The van der Waals surface area contributed by atoms with Gasteiger partial charge in [0.2, 0.25) is 0 Å². The van der Waals surface area contributed by atoms with Crippen LogP contribution >= 0.6 is 23.4 Å². The highest BCUT2D eigenvalue weighted by Gasteiger charge is 2.15. The fourth-order valence-electron chi connectivity index (χ4n) is 2.40. The number of hydrogen-bond donors (Lipinski definition) is 1. The lowest BCUT2D eigenvalue weighted by atomic mass is 10.2. The van der Waals surface area contributed by atoms with Crippen molar-refractivity contribution in [2.45, 2.75) is 43.3 Å². The first-order valence-corrected chi connectivity index (χ1v) is 8.69. The van der Waals surface area contributed by atoms with Crippen molar-refractivity contribution in [2.24, 2.45) is 0 Å². The molecule has 7 heteroatoms. The van der Waals surface area contributed by atoms with E-state index in [9.17, 15) is 0 Å². The minimum atomic E-state index is 0.411. The molecule has 2 heterocycles. The Morgan fingerprint density at radius 3 is 2.83 bits per heavy atom. The van der Waals surface area contributed by atoms with Gasteiger partial charge in [-0.1, -0.05) is 36.7 Å². The number of aryl methyl sites for hydroxylation is 2. The van der Waals surface area contributed by atoms with Crippen LogP contribution in [0.2, 0.25) is 5.02 Å². The van der Waals surface area contributed by atoms with Gasteiger partial charge < -0.3 is 10.3 Å². The maximum Gasteiger partial charge on any atom is 0.175 e. The van der Waals surface area contributed by atoms with Crippen LogP contribution in [0, 0.1) is 6.92 Å². The van der Waals surface area contributed by atoms with Crippen molar-refractivity contribution in [2.75, 3.05) is 5.73 Å². The van der Waals surface area contributed by atoms with Gasteiger partial charge in [0.1, 0.15) is 6.33 Å². The van der Waals surface area contributed by atoms with Gasteiger partial charge in [-0.25, -0.2) is 15.0 Å². The van der Waals surface area contributed by atoms with Crippen LogP contribution < -0.4 is 5.73 Å². The lowest BCUT2D eigenvalue weighted by molar-refractivity contribution is 0.598. The van der Waals surface area contributed by atoms with Gasteiger partial charge in [-0.2, -0.15) is 0 Å². The average molecular weight is 348 g/mol. The van der Waals surface area contributed by atoms with E-state index in [0.29, 0.717) is 11.3 Å². The number of unbranched alkanes of at least 4 members (excludes halogenated alkanes) is 1. The predicted molar refractivity (Wildman–Crippen MR) is 95.0 cm³/mol. The highest BCUT2D eigenvalue weighted by molar-refractivity contribution is 7.99. The molecule has 0 fully saturated rings. The summed E-state index contributed by atoms with van der Waals surface area (Å²) in [6, 6.07) is 5.97. The van der Waals surface area contributed by atoms with E-state index in [1.165, 1.54) is 6.33 Å². The van der Waals surface area contributed by atoms with Crippen molar-refractivity contribution in [1.82, 2.24) is 19.5 Å².